The highest BCUT2D eigenvalue weighted by Crippen LogP contribution is 2.31. The van der Waals surface area contributed by atoms with E-state index in [1.165, 1.54) is 22.5 Å². The molecule has 0 atom stereocenters. The number of rotatable bonds is 9. The first-order valence-electron chi connectivity index (χ1n) is 12.1. The molecule has 0 bridgehead atoms. The van der Waals surface area contributed by atoms with Gasteiger partial charge in [0, 0.05) is 30.4 Å². The van der Waals surface area contributed by atoms with Gasteiger partial charge in [-0.05, 0) is 43.2 Å². The maximum Gasteiger partial charge on any atom is 0.292 e. The number of hydrogen-bond donors (Lipinski definition) is 1. The average molecular weight is 565 g/mol. The summed E-state index contributed by atoms with van der Waals surface area (Å²) in [6.45, 7) is 1.00. The Balaban J connectivity index is 1.44. The maximum absolute atomic E-state index is 13.2. The fourth-order valence-corrected chi connectivity index (χ4v) is 6.60. The number of nitrogens with zero attached hydrogens (tertiary/aromatic N) is 5. The highest BCUT2D eigenvalue weighted by atomic mass is 32.2. The first-order valence-corrected chi connectivity index (χ1v) is 14.5. The molecular formula is C26H24N6O5S2. The lowest BCUT2D eigenvalue weighted by atomic mass is 10.2. The van der Waals surface area contributed by atoms with E-state index in [0.717, 1.165) is 30.3 Å². The molecule has 4 aromatic rings. The van der Waals surface area contributed by atoms with E-state index in [9.17, 15) is 23.3 Å². The van der Waals surface area contributed by atoms with Crippen LogP contribution in [0, 0.1) is 10.1 Å². The summed E-state index contributed by atoms with van der Waals surface area (Å²) in [7, 11) is -3.63. The van der Waals surface area contributed by atoms with Crippen molar-refractivity contribution < 1.29 is 18.1 Å². The van der Waals surface area contributed by atoms with Crippen LogP contribution in [0.2, 0.25) is 0 Å². The number of hydrogen-bond acceptors (Lipinski definition) is 8. The normalized spacial score (nSPS) is 13.8. The van der Waals surface area contributed by atoms with E-state index in [0.29, 0.717) is 29.6 Å². The van der Waals surface area contributed by atoms with Crippen molar-refractivity contribution in [2.24, 2.45) is 0 Å². The lowest BCUT2D eigenvalue weighted by molar-refractivity contribution is -0.383. The second-order valence-corrected chi connectivity index (χ2v) is 11.6. The molecule has 1 fully saturated rings. The molecule has 0 saturated carbocycles. The van der Waals surface area contributed by atoms with Crippen LogP contribution in [0.3, 0.4) is 0 Å². The van der Waals surface area contributed by atoms with Crippen LogP contribution in [-0.4, -0.2) is 57.2 Å². The van der Waals surface area contributed by atoms with Crippen molar-refractivity contribution in [3.05, 3.63) is 89.0 Å². The summed E-state index contributed by atoms with van der Waals surface area (Å²) in [5, 5.41) is 22.9. The van der Waals surface area contributed by atoms with Gasteiger partial charge in [0.1, 0.15) is 5.69 Å². The van der Waals surface area contributed by atoms with Crippen LogP contribution in [0.4, 0.5) is 11.4 Å². The molecule has 1 amide bonds. The van der Waals surface area contributed by atoms with Crippen molar-refractivity contribution >= 4 is 39.1 Å². The number of nitro groups is 1. The van der Waals surface area contributed by atoms with Crippen LogP contribution < -0.4 is 5.32 Å². The van der Waals surface area contributed by atoms with Crippen molar-refractivity contribution in [1.29, 1.82) is 0 Å². The van der Waals surface area contributed by atoms with Gasteiger partial charge >= 0.3 is 0 Å². The molecular weight excluding hydrogens is 540 g/mol. The van der Waals surface area contributed by atoms with Gasteiger partial charge in [-0.3, -0.25) is 19.5 Å². The van der Waals surface area contributed by atoms with E-state index in [4.69, 9.17) is 0 Å². The smallest absolute Gasteiger partial charge is 0.292 e. The monoisotopic (exact) mass is 564 g/mol. The van der Waals surface area contributed by atoms with Gasteiger partial charge < -0.3 is 5.32 Å². The maximum atomic E-state index is 13.2. The zero-order chi connectivity index (χ0) is 27.4. The van der Waals surface area contributed by atoms with Gasteiger partial charge in [0.25, 0.3) is 5.69 Å². The van der Waals surface area contributed by atoms with Crippen LogP contribution in [0.25, 0.3) is 17.1 Å². The first-order chi connectivity index (χ1) is 18.8. The van der Waals surface area contributed by atoms with Gasteiger partial charge in [-0.2, -0.15) is 4.31 Å². The van der Waals surface area contributed by atoms with E-state index < -0.39 is 20.9 Å². The van der Waals surface area contributed by atoms with Crippen LogP contribution in [0.15, 0.2) is 88.9 Å². The van der Waals surface area contributed by atoms with Gasteiger partial charge in [-0.1, -0.05) is 54.2 Å². The summed E-state index contributed by atoms with van der Waals surface area (Å²) in [5.41, 5.74) is 1.19. The molecule has 200 valence electrons. The predicted octanol–water partition coefficient (Wildman–Crippen LogP) is 4.36. The number of benzene rings is 3. The Bertz CT molecular complexity index is 1620. The minimum Gasteiger partial charge on any atom is -0.320 e. The molecule has 3 aromatic carbocycles. The van der Waals surface area contributed by atoms with Crippen LogP contribution in [0.1, 0.15) is 12.8 Å². The molecule has 0 radical (unpaired) electrons. The van der Waals surface area contributed by atoms with Gasteiger partial charge in [-0.25, -0.2) is 8.42 Å². The Morgan fingerprint density at radius 2 is 1.69 bits per heavy atom. The SMILES string of the molecule is O=C(CSc1nnc(-c2cccc(S(=O)(=O)N3CCCC3)c2)n1-c1ccccc1)Nc1ccccc1[N+](=O)[O-]. The van der Waals surface area contributed by atoms with E-state index in [1.807, 2.05) is 30.3 Å². The largest absolute Gasteiger partial charge is 0.320 e. The number of aromatic nitrogens is 3. The standard InChI is InChI=1S/C26H24N6O5S2/c33-24(27-22-13-4-5-14-23(22)32(34)35)18-38-26-29-28-25(31(26)20-10-2-1-3-11-20)19-9-8-12-21(17-19)39(36,37)30-15-6-7-16-30/h1-5,8-14,17H,6-7,15-16,18H2,(H,27,33). The summed E-state index contributed by atoms with van der Waals surface area (Å²) in [4.78, 5) is 23.6. The van der Waals surface area contributed by atoms with Gasteiger partial charge in [0.05, 0.1) is 15.6 Å². The van der Waals surface area contributed by atoms with E-state index in [2.05, 4.69) is 15.5 Å². The number of sulfonamides is 1. The molecule has 0 unspecified atom stereocenters. The number of amides is 1. The third-order valence-electron chi connectivity index (χ3n) is 6.15. The molecule has 39 heavy (non-hydrogen) atoms. The number of nitrogens with one attached hydrogen (secondary N) is 1. The van der Waals surface area contributed by atoms with E-state index in [-0.39, 0.29) is 22.0 Å². The van der Waals surface area contributed by atoms with E-state index in [1.54, 1.807) is 34.9 Å². The molecule has 11 nitrogen and oxygen atoms in total. The minimum atomic E-state index is -3.63. The third kappa shape index (κ3) is 5.70. The topological polar surface area (TPSA) is 140 Å². The molecule has 2 heterocycles. The van der Waals surface area contributed by atoms with Crippen molar-refractivity contribution in [2.45, 2.75) is 22.9 Å². The van der Waals surface area contributed by atoms with E-state index >= 15 is 0 Å². The lowest BCUT2D eigenvalue weighted by Crippen LogP contribution is -2.27. The number of carbonyl (C=O) groups is 1. The number of thioether (sulfide) groups is 1. The Labute approximate surface area is 229 Å². The molecule has 1 aliphatic rings. The van der Waals surface area contributed by atoms with Crippen molar-refractivity contribution in [3.63, 3.8) is 0 Å². The van der Waals surface area contributed by atoms with Crippen molar-refractivity contribution in [3.8, 4) is 17.1 Å². The molecule has 13 heteroatoms. The fourth-order valence-electron chi connectivity index (χ4n) is 4.29. The Hall–Kier alpha value is -4.07. The number of nitro benzene ring substituents is 1. The number of anilines is 1. The molecule has 1 aliphatic heterocycles. The Kier molecular flexibility index (Phi) is 7.72. The number of carbonyl (C=O) groups excluding carboxylic acids is 1. The highest BCUT2D eigenvalue weighted by molar-refractivity contribution is 7.99. The Morgan fingerprint density at radius 3 is 2.44 bits per heavy atom. The van der Waals surface area contributed by atoms with Crippen molar-refractivity contribution in [2.75, 3.05) is 24.2 Å². The van der Waals surface area contributed by atoms with Crippen LogP contribution in [-0.2, 0) is 14.8 Å². The summed E-state index contributed by atoms with van der Waals surface area (Å²) in [6.07, 6.45) is 1.68. The van der Waals surface area contributed by atoms with Crippen molar-refractivity contribution in [1.82, 2.24) is 19.1 Å². The van der Waals surface area contributed by atoms with Gasteiger partial charge in [0.2, 0.25) is 15.9 Å². The van der Waals surface area contributed by atoms with Gasteiger partial charge in [-0.15, -0.1) is 10.2 Å². The minimum absolute atomic E-state index is 0.0829. The molecule has 5 rings (SSSR count). The molecule has 0 aliphatic carbocycles. The van der Waals surface area contributed by atoms with Crippen LogP contribution in [0.5, 0.6) is 0 Å². The summed E-state index contributed by atoms with van der Waals surface area (Å²) in [6, 6.07) is 21.8. The summed E-state index contributed by atoms with van der Waals surface area (Å²) < 4.78 is 29.6. The van der Waals surface area contributed by atoms with Crippen LogP contribution >= 0.6 is 11.8 Å². The van der Waals surface area contributed by atoms with Gasteiger partial charge in [0.15, 0.2) is 11.0 Å². The third-order valence-corrected chi connectivity index (χ3v) is 8.97. The molecule has 1 aromatic heterocycles. The molecule has 1 saturated heterocycles. The second-order valence-electron chi connectivity index (χ2n) is 8.73. The quantitative estimate of drug-likeness (QED) is 0.180. The molecule has 0 spiro atoms. The first kappa shape index (κ1) is 26.5. The number of para-hydroxylation sites is 3. The highest BCUT2D eigenvalue weighted by Gasteiger charge is 2.28. The zero-order valence-electron chi connectivity index (χ0n) is 20.6. The molecule has 1 N–H and O–H groups in total. The predicted molar refractivity (Wildman–Crippen MR) is 147 cm³/mol. The lowest BCUT2D eigenvalue weighted by Gasteiger charge is -2.16. The summed E-state index contributed by atoms with van der Waals surface area (Å²) in [5.74, 6) is -0.112. The second kappa shape index (κ2) is 11.4. The summed E-state index contributed by atoms with van der Waals surface area (Å²) >= 11 is 1.11. The fraction of sp³-hybridized carbons (Fsp3) is 0.192. The zero-order valence-corrected chi connectivity index (χ0v) is 22.3. The average Bonchev–Trinajstić information content (AvgIpc) is 3.64. The Morgan fingerprint density at radius 1 is 0.974 bits per heavy atom.